The minimum atomic E-state index is -0.274. The summed E-state index contributed by atoms with van der Waals surface area (Å²) in [7, 11) is 0. The Hall–Kier alpha value is -2.61. The molecule has 0 radical (unpaired) electrons. The highest BCUT2D eigenvalue weighted by Gasteiger charge is 2.23. The van der Waals surface area contributed by atoms with Crippen molar-refractivity contribution >= 4 is 5.91 Å². The zero-order chi connectivity index (χ0) is 17.2. The highest BCUT2D eigenvalue weighted by Crippen LogP contribution is 2.32. The number of carbonyl (C=O) groups excluding carboxylic acids is 1. The van der Waals surface area contributed by atoms with Gasteiger partial charge in [0.05, 0.1) is 12.6 Å². The standard InChI is InChI=1S/C17H21N5O3/c1-11(21-13-3-5-16-19-9-20-22(16)8-13)17(23)18-7-12-2-4-14-15(6-12)25-10-24-14/h2,4,6,9,11,13,21H,3,5,7-8,10H2,1H3,(H,18,23)/t11-,13-/m0/s1. The molecule has 8 heteroatoms. The molecule has 2 atom stereocenters. The third-order valence-corrected chi connectivity index (χ3v) is 4.59. The molecule has 2 aliphatic rings. The number of benzene rings is 1. The van der Waals surface area contributed by atoms with Gasteiger partial charge in [-0.05, 0) is 31.0 Å². The lowest BCUT2D eigenvalue weighted by molar-refractivity contribution is -0.123. The average molecular weight is 343 g/mol. The van der Waals surface area contributed by atoms with Crippen molar-refractivity contribution in [2.45, 2.75) is 44.9 Å². The molecule has 0 spiro atoms. The van der Waals surface area contributed by atoms with Crippen LogP contribution < -0.4 is 20.1 Å². The van der Waals surface area contributed by atoms with Gasteiger partial charge in [-0.25, -0.2) is 9.67 Å². The van der Waals surface area contributed by atoms with E-state index in [1.165, 1.54) is 0 Å². The first-order chi connectivity index (χ1) is 12.2. The Balaban J connectivity index is 1.28. The first-order valence-corrected chi connectivity index (χ1v) is 8.48. The van der Waals surface area contributed by atoms with Crippen molar-refractivity contribution in [1.82, 2.24) is 25.4 Å². The van der Waals surface area contributed by atoms with Gasteiger partial charge in [0.25, 0.3) is 0 Å². The van der Waals surface area contributed by atoms with Crippen LogP contribution in [0.25, 0.3) is 0 Å². The number of aromatic nitrogens is 3. The van der Waals surface area contributed by atoms with E-state index in [4.69, 9.17) is 9.47 Å². The molecule has 132 valence electrons. The van der Waals surface area contributed by atoms with Crippen molar-refractivity contribution < 1.29 is 14.3 Å². The summed E-state index contributed by atoms with van der Waals surface area (Å²) in [4.78, 5) is 16.6. The lowest BCUT2D eigenvalue weighted by Crippen LogP contribution is -2.49. The number of amides is 1. The Bertz CT molecular complexity index is 775. The van der Waals surface area contributed by atoms with Crippen LogP contribution in [0.1, 0.15) is 24.7 Å². The summed E-state index contributed by atoms with van der Waals surface area (Å²) in [6.07, 6.45) is 3.42. The summed E-state index contributed by atoms with van der Waals surface area (Å²) in [5, 5.41) is 10.5. The quantitative estimate of drug-likeness (QED) is 0.827. The molecule has 0 saturated carbocycles. The van der Waals surface area contributed by atoms with Gasteiger partial charge in [-0.15, -0.1) is 0 Å². The average Bonchev–Trinajstić information content (AvgIpc) is 3.27. The van der Waals surface area contributed by atoms with E-state index in [1.54, 1.807) is 6.33 Å². The molecule has 8 nitrogen and oxygen atoms in total. The van der Waals surface area contributed by atoms with Crippen LogP contribution in [0.4, 0.5) is 0 Å². The minimum absolute atomic E-state index is 0.0259. The number of aryl methyl sites for hydroxylation is 1. The molecular weight excluding hydrogens is 322 g/mol. The highest BCUT2D eigenvalue weighted by molar-refractivity contribution is 5.81. The van der Waals surface area contributed by atoms with Crippen LogP contribution in [-0.2, 0) is 24.3 Å². The van der Waals surface area contributed by atoms with Crippen molar-refractivity contribution in [3.8, 4) is 11.5 Å². The van der Waals surface area contributed by atoms with Gasteiger partial charge >= 0.3 is 0 Å². The molecule has 2 aliphatic heterocycles. The van der Waals surface area contributed by atoms with E-state index >= 15 is 0 Å². The molecule has 0 saturated heterocycles. The highest BCUT2D eigenvalue weighted by atomic mass is 16.7. The number of carbonyl (C=O) groups is 1. The van der Waals surface area contributed by atoms with Crippen molar-refractivity contribution in [2.75, 3.05) is 6.79 Å². The summed E-state index contributed by atoms with van der Waals surface area (Å²) in [5.74, 6) is 2.46. The van der Waals surface area contributed by atoms with Crippen LogP contribution >= 0.6 is 0 Å². The Kier molecular flexibility index (Phi) is 4.27. The first kappa shape index (κ1) is 15.9. The summed E-state index contributed by atoms with van der Waals surface area (Å²) >= 11 is 0. The maximum atomic E-state index is 12.4. The lowest BCUT2D eigenvalue weighted by Gasteiger charge is -2.26. The van der Waals surface area contributed by atoms with Crippen molar-refractivity contribution in [3.05, 3.63) is 35.9 Å². The fourth-order valence-corrected chi connectivity index (χ4v) is 3.20. The first-order valence-electron chi connectivity index (χ1n) is 8.48. The van der Waals surface area contributed by atoms with Gasteiger partial charge in [-0.2, -0.15) is 5.10 Å². The molecule has 25 heavy (non-hydrogen) atoms. The van der Waals surface area contributed by atoms with Gasteiger partial charge in [-0.1, -0.05) is 6.07 Å². The fraction of sp³-hybridized carbons (Fsp3) is 0.471. The maximum Gasteiger partial charge on any atom is 0.237 e. The predicted octanol–water partition coefficient (Wildman–Crippen LogP) is 0.616. The van der Waals surface area contributed by atoms with Crippen LogP contribution in [0.15, 0.2) is 24.5 Å². The van der Waals surface area contributed by atoms with Crippen LogP contribution in [0.2, 0.25) is 0 Å². The number of hydrogen-bond acceptors (Lipinski definition) is 6. The SMILES string of the molecule is C[C@H](N[C@H]1CCc2ncnn2C1)C(=O)NCc1ccc2c(c1)OCO2. The number of rotatable bonds is 5. The second kappa shape index (κ2) is 6.72. The number of fused-ring (bicyclic) bond motifs is 2. The zero-order valence-corrected chi connectivity index (χ0v) is 14.1. The Morgan fingerprint density at radius 2 is 2.28 bits per heavy atom. The molecule has 0 fully saturated rings. The van der Waals surface area contributed by atoms with Gasteiger partial charge < -0.3 is 20.1 Å². The molecule has 4 rings (SSSR count). The van der Waals surface area contributed by atoms with Crippen molar-refractivity contribution in [1.29, 1.82) is 0 Å². The van der Waals surface area contributed by atoms with E-state index in [0.29, 0.717) is 6.54 Å². The van der Waals surface area contributed by atoms with Gasteiger partial charge in [0, 0.05) is 19.0 Å². The van der Waals surface area contributed by atoms with Crippen molar-refractivity contribution in [2.24, 2.45) is 0 Å². The van der Waals surface area contributed by atoms with Crippen LogP contribution in [0, 0.1) is 0 Å². The van der Waals surface area contributed by atoms with E-state index in [9.17, 15) is 4.79 Å². The monoisotopic (exact) mass is 343 g/mol. The predicted molar refractivity (Wildman–Crippen MR) is 89.1 cm³/mol. The number of ether oxygens (including phenoxy) is 2. The molecule has 0 unspecified atom stereocenters. The molecule has 0 aliphatic carbocycles. The summed E-state index contributed by atoms with van der Waals surface area (Å²) in [5.41, 5.74) is 0.981. The van der Waals surface area contributed by atoms with Gasteiger partial charge in [-0.3, -0.25) is 4.79 Å². The molecule has 1 amide bonds. The van der Waals surface area contributed by atoms with Crippen LogP contribution in [0.5, 0.6) is 11.5 Å². The summed E-state index contributed by atoms with van der Waals surface area (Å²) in [6, 6.07) is 5.64. The van der Waals surface area contributed by atoms with E-state index in [2.05, 4.69) is 20.7 Å². The van der Waals surface area contributed by atoms with Crippen LogP contribution in [0.3, 0.4) is 0 Å². The van der Waals surface area contributed by atoms with Crippen molar-refractivity contribution in [3.63, 3.8) is 0 Å². The second-order valence-electron chi connectivity index (χ2n) is 6.39. The summed E-state index contributed by atoms with van der Waals surface area (Å²) < 4.78 is 12.5. The molecule has 1 aromatic carbocycles. The molecule has 2 N–H and O–H groups in total. The van der Waals surface area contributed by atoms with E-state index in [0.717, 1.165) is 42.3 Å². The smallest absolute Gasteiger partial charge is 0.237 e. The van der Waals surface area contributed by atoms with Gasteiger partial charge in [0.1, 0.15) is 12.2 Å². The number of nitrogens with one attached hydrogen (secondary N) is 2. The normalized spacial score (nSPS) is 19.3. The zero-order valence-electron chi connectivity index (χ0n) is 14.1. The molecule has 3 heterocycles. The third-order valence-electron chi connectivity index (χ3n) is 4.59. The maximum absolute atomic E-state index is 12.4. The number of nitrogens with zero attached hydrogens (tertiary/aromatic N) is 3. The molecule has 0 bridgehead atoms. The Labute approximate surface area is 145 Å². The van der Waals surface area contributed by atoms with E-state index in [1.807, 2.05) is 29.8 Å². The van der Waals surface area contributed by atoms with E-state index in [-0.39, 0.29) is 24.8 Å². The minimum Gasteiger partial charge on any atom is -0.454 e. The molecular formula is C17H21N5O3. The topological polar surface area (TPSA) is 90.3 Å². The molecule has 1 aromatic heterocycles. The summed E-state index contributed by atoms with van der Waals surface area (Å²) in [6.45, 7) is 3.33. The molecule has 2 aromatic rings. The second-order valence-corrected chi connectivity index (χ2v) is 6.39. The lowest BCUT2D eigenvalue weighted by atomic mass is 10.1. The van der Waals surface area contributed by atoms with Gasteiger partial charge in [0.2, 0.25) is 12.7 Å². The third kappa shape index (κ3) is 3.43. The van der Waals surface area contributed by atoms with E-state index < -0.39 is 0 Å². The number of hydrogen-bond donors (Lipinski definition) is 2. The largest absolute Gasteiger partial charge is 0.454 e. The Morgan fingerprint density at radius 3 is 3.20 bits per heavy atom. The van der Waals surface area contributed by atoms with Gasteiger partial charge in [0.15, 0.2) is 11.5 Å². The fourth-order valence-electron chi connectivity index (χ4n) is 3.20. The Morgan fingerprint density at radius 1 is 1.40 bits per heavy atom. The van der Waals surface area contributed by atoms with Crippen LogP contribution in [-0.4, -0.2) is 39.5 Å².